The van der Waals surface area contributed by atoms with Gasteiger partial charge in [0.05, 0.1) is 0 Å². The van der Waals surface area contributed by atoms with E-state index in [1.807, 2.05) is 44.2 Å². The quantitative estimate of drug-likeness (QED) is 0.629. The Balaban J connectivity index is 0. The van der Waals surface area contributed by atoms with Crippen LogP contribution in [0.3, 0.4) is 0 Å². The molecule has 0 fully saturated rings. The SMILES string of the molecule is CC(C)C(=O)NCc1ccccc1.[H-].[Na+]. The van der Waals surface area contributed by atoms with Crippen LogP contribution in [0.1, 0.15) is 20.8 Å². The molecule has 2 nitrogen and oxygen atoms in total. The standard InChI is InChI=1S/C11H15NO.Na.H/c1-9(2)11(13)12-8-10-6-4-3-5-7-10;;/h3-7,9H,8H2,1-2H3,(H,12,13);;/q;+1;-1. The monoisotopic (exact) mass is 201 g/mol. The molecule has 0 saturated carbocycles. The molecule has 0 unspecified atom stereocenters. The van der Waals surface area contributed by atoms with Crippen LogP contribution in [-0.2, 0) is 11.3 Å². The smallest absolute Gasteiger partial charge is 1.00 e. The van der Waals surface area contributed by atoms with Crippen molar-refractivity contribution >= 4 is 5.91 Å². The molecule has 1 aromatic rings. The molecule has 0 radical (unpaired) electrons. The zero-order chi connectivity index (χ0) is 9.68. The molecule has 1 rings (SSSR count). The summed E-state index contributed by atoms with van der Waals surface area (Å²) in [6.45, 7) is 4.40. The van der Waals surface area contributed by atoms with Crippen LogP contribution in [0.2, 0.25) is 0 Å². The first-order valence-corrected chi connectivity index (χ1v) is 4.52. The van der Waals surface area contributed by atoms with Gasteiger partial charge in [0.2, 0.25) is 5.91 Å². The molecule has 0 spiro atoms. The van der Waals surface area contributed by atoms with Gasteiger partial charge in [0.25, 0.3) is 0 Å². The molecule has 14 heavy (non-hydrogen) atoms. The summed E-state index contributed by atoms with van der Waals surface area (Å²) in [5.74, 6) is 0.160. The molecule has 3 heteroatoms. The molecule has 1 N–H and O–H groups in total. The third kappa shape index (κ3) is 4.80. The topological polar surface area (TPSA) is 29.1 Å². The van der Waals surface area contributed by atoms with E-state index in [0.29, 0.717) is 6.54 Å². The summed E-state index contributed by atoms with van der Waals surface area (Å²) in [4.78, 5) is 11.2. The molecular formula is C11H16NNaO. The van der Waals surface area contributed by atoms with Crippen LogP contribution >= 0.6 is 0 Å². The molecule has 0 atom stereocenters. The molecule has 72 valence electrons. The van der Waals surface area contributed by atoms with Gasteiger partial charge in [-0.05, 0) is 5.56 Å². The maximum Gasteiger partial charge on any atom is 1.00 e. The van der Waals surface area contributed by atoms with Gasteiger partial charge in [0.15, 0.2) is 0 Å². The van der Waals surface area contributed by atoms with E-state index in [0.717, 1.165) is 5.56 Å². The molecule has 0 heterocycles. The van der Waals surface area contributed by atoms with Gasteiger partial charge >= 0.3 is 29.6 Å². The Kier molecular flexibility index (Phi) is 6.89. The largest absolute Gasteiger partial charge is 1.00 e. The number of rotatable bonds is 3. The third-order valence-electron chi connectivity index (χ3n) is 1.83. The minimum atomic E-state index is 0. The van der Waals surface area contributed by atoms with Crippen molar-refractivity contribution in [1.29, 1.82) is 0 Å². The average Bonchev–Trinajstić information content (AvgIpc) is 2.15. The van der Waals surface area contributed by atoms with Gasteiger partial charge in [0.1, 0.15) is 0 Å². The number of amides is 1. The van der Waals surface area contributed by atoms with Gasteiger partial charge in [-0.25, -0.2) is 0 Å². The first-order chi connectivity index (χ1) is 6.20. The number of hydrogen-bond acceptors (Lipinski definition) is 1. The number of hydrogen-bond donors (Lipinski definition) is 1. The van der Waals surface area contributed by atoms with E-state index < -0.39 is 0 Å². The number of carbonyl (C=O) groups is 1. The molecule has 1 aromatic carbocycles. The van der Waals surface area contributed by atoms with E-state index in [1.54, 1.807) is 0 Å². The number of benzene rings is 1. The van der Waals surface area contributed by atoms with Gasteiger partial charge in [-0.15, -0.1) is 0 Å². The molecule has 0 saturated heterocycles. The van der Waals surface area contributed by atoms with E-state index in [1.165, 1.54) is 0 Å². The zero-order valence-corrected chi connectivity index (χ0v) is 11.1. The minimum absolute atomic E-state index is 0. The second-order valence-corrected chi connectivity index (χ2v) is 3.36. The van der Waals surface area contributed by atoms with Gasteiger partial charge in [-0.2, -0.15) is 0 Å². The maximum atomic E-state index is 11.2. The normalized spacial score (nSPS) is 9.36. The van der Waals surface area contributed by atoms with E-state index in [-0.39, 0.29) is 42.8 Å². The van der Waals surface area contributed by atoms with E-state index in [9.17, 15) is 4.79 Å². The predicted octanol–water partition coefficient (Wildman–Crippen LogP) is -0.925. The van der Waals surface area contributed by atoms with Crippen molar-refractivity contribution < 1.29 is 35.8 Å². The fourth-order valence-electron chi connectivity index (χ4n) is 0.989. The Morgan fingerprint density at radius 2 is 1.93 bits per heavy atom. The van der Waals surface area contributed by atoms with Crippen LogP contribution in [0.5, 0.6) is 0 Å². The second-order valence-electron chi connectivity index (χ2n) is 3.36. The van der Waals surface area contributed by atoms with E-state index in [4.69, 9.17) is 0 Å². The molecule has 0 aliphatic rings. The molecule has 0 aromatic heterocycles. The second kappa shape index (κ2) is 7.04. The summed E-state index contributed by atoms with van der Waals surface area (Å²) in [5.41, 5.74) is 1.14. The maximum absolute atomic E-state index is 11.2. The Hall–Kier alpha value is -0.310. The van der Waals surface area contributed by atoms with Crippen LogP contribution in [0.4, 0.5) is 0 Å². The van der Waals surface area contributed by atoms with Crippen LogP contribution in [0.15, 0.2) is 30.3 Å². The van der Waals surface area contributed by atoms with Crippen LogP contribution < -0.4 is 34.9 Å². The summed E-state index contributed by atoms with van der Waals surface area (Å²) in [6, 6.07) is 9.91. The Morgan fingerprint density at radius 1 is 1.36 bits per heavy atom. The Bertz CT molecular complexity index is 277. The van der Waals surface area contributed by atoms with E-state index >= 15 is 0 Å². The molecule has 0 aliphatic heterocycles. The van der Waals surface area contributed by atoms with E-state index in [2.05, 4.69) is 5.32 Å². The average molecular weight is 201 g/mol. The fraction of sp³-hybridized carbons (Fsp3) is 0.364. The van der Waals surface area contributed by atoms with Crippen LogP contribution in [0.25, 0.3) is 0 Å². The van der Waals surface area contributed by atoms with Gasteiger partial charge in [-0.1, -0.05) is 44.2 Å². The van der Waals surface area contributed by atoms with Crippen molar-refractivity contribution in [3.05, 3.63) is 35.9 Å². The Morgan fingerprint density at radius 3 is 2.43 bits per heavy atom. The Labute approximate surface area is 109 Å². The predicted molar refractivity (Wildman–Crippen MR) is 54.2 cm³/mol. The van der Waals surface area contributed by atoms with Crippen LogP contribution in [-0.4, -0.2) is 5.91 Å². The summed E-state index contributed by atoms with van der Waals surface area (Å²) >= 11 is 0. The molecule has 0 bridgehead atoms. The van der Waals surface area contributed by atoms with Crippen molar-refractivity contribution in [2.24, 2.45) is 5.92 Å². The van der Waals surface area contributed by atoms with Crippen molar-refractivity contribution in [1.82, 2.24) is 5.32 Å². The summed E-state index contributed by atoms with van der Waals surface area (Å²) in [7, 11) is 0. The summed E-state index contributed by atoms with van der Waals surface area (Å²) in [5, 5.41) is 2.86. The molecule has 1 amide bonds. The van der Waals surface area contributed by atoms with Crippen molar-refractivity contribution in [3.8, 4) is 0 Å². The summed E-state index contributed by atoms with van der Waals surface area (Å²) < 4.78 is 0. The first kappa shape index (κ1) is 13.7. The van der Waals surface area contributed by atoms with Crippen molar-refractivity contribution in [2.45, 2.75) is 20.4 Å². The summed E-state index contributed by atoms with van der Waals surface area (Å²) in [6.07, 6.45) is 0. The van der Waals surface area contributed by atoms with Gasteiger partial charge in [0, 0.05) is 12.5 Å². The molecular weight excluding hydrogens is 185 g/mol. The van der Waals surface area contributed by atoms with Crippen molar-refractivity contribution in [3.63, 3.8) is 0 Å². The first-order valence-electron chi connectivity index (χ1n) is 4.52. The van der Waals surface area contributed by atoms with Gasteiger partial charge in [-0.3, -0.25) is 4.79 Å². The molecule has 0 aliphatic carbocycles. The number of nitrogens with one attached hydrogen (secondary N) is 1. The third-order valence-corrected chi connectivity index (χ3v) is 1.83. The van der Waals surface area contributed by atoms with Crippen molar-refractivity contribution in [2.75, 3.05) is 0 Å². The fourth-order valence-corrected chi connectivity index (χ4v) is 0.989. The number of carbonyl (C=O) groups excluding carboxylic acids is 1. The van der Waals surface area contributed by atoms with Gasteiger partial charge < -0.3 is 6.74 Å². The van der Waals surface area contributed by atoms with Crippen LogP contribution in [0, 0.1) is 5.92 Å². The minimum Gasteiger partial charge on any atom is -1.00 e. The zero-order valence-electron chi connectivity index (χ0n) is 10.1.